The maximum absolute atomic E-state index is 12.6. The van der Waals surface area contributed by atoms with Gasteiger partial charge in [0.1, 0.15) is 0 Å². The Morgan fingerprint density at radius 2 is 2.00 bits per heavy atom. The fourth-order valence-electron chi connectivity index (χ4n) is 1.98. The summed E-state index contributed by atoms with van der Waals surface area (Å²) in [5.74, 6) is -0.831. The number of nitrogens with two attached hydrogens (primary N) is 1. The normalized spacial score (nSPS) is 22.1. The predicted molar refractivity (Wildman–Crippen MR) is 70.3 cm³/mol. The molecule has 7 heteroatoms. The van der Waals surface area contributed by atoms with Crippen LogP contribution in [-0.2, 0) is 11.0 Å². The minimum atomic E-state index is -4.51. The standard InChI is InChI=1S/C13H12ClF3N2O/c14-9-4-8(13(15,16)17)5-11(6-9)19-12(20)7-1-2-10(18)3-7/h1-2,4-7,10H,3,18H2,(H,19,20). The molecule has 0 bridgehead atoms. The van der Waals surface area contributed by atoms with Crippen molar-refractivity contribution in [2.45, 2.75) is 18.6 Å². The summed E-state index contributed by atoms with van der Waals surface area (Å²) in [7, 11) is 0. The lowest BCUT2D eigenvalue weighted by atomic mass is 10.1. The van der Waals surface area contributed by atoms with Crippen molar-refractivity contribution in [3.05, 3.63) is 40.9 Å². The maximum atomic E-state index is 12.6. The Balaban J connectivity index is 2.15. The van der Waals surface area contributed by atoms with Crippen LogP contribution in [0, 0.1) is 5.92 Å². The summed E-state index contributed by atoms with van der Waals surface area (Å²) in [6, 6.07) is 2.73. The number of rotatable bonds is 2. The number of hydrogen-bond acceptors (Lipinski definition) is 2. The molecule has 1 aliphatic carbocycles. The number of hydrogen-bond donors (Lipinski definition) is 2. The van der Waals surface area contributed by atoms with E-state index in [0.717, 1.165) is 12.1 Å². The Labute approximate surface area is 118 Å². The third-order valence-electron chi connectivity index (χ3n) is 2.95. The van der Waals surface area contributed by atoms with E-state index in [-0.39, 0.29) is 16.8 Å². The van der Waals surface area contributed by atoms with E-state index in [1.165, 1.54) is 6.07 Å². The highest BCUT2D eigenvalue weighted by atomic mass is 35.5. The molecular weight excluding hydrogens is 293 g/mol. The summed E-state index contributed by atoms with van der Waals surface area (Å²) < 4.78 is 37.9. The minimum Gasteiger partial charge on any atom is -0.326 e. The van der Waals surface area contributed by atoms with Crippen LogP contribution in [0.3, 0.4) is 0 Å². The third-order valence-corrected chi connectivity index (χ3v) is 3.16. The number of benzene rings is 1. The Morgan fingerprint density at radius 3 is 2.55 bits per heavy atom. The fraction of sp³-hybridized carbons (Fsp3) is 0.308. The third kappa shape index (κ3) is 3.52. The Kier molecular flexibility index (Phi) is 4.06. The number of carbonyl (C=O) groups excluding carboxylic acids is 1. The summed E-state index contributed by atoms with van der Waals surface area (Å²) in [4.78, 5) is 11.9. The van der Waals surface area contributed by atoms with E-state index in [2.05, 4.69) is 5.32 Å². The summed E-state index contributed by atoms with van der Waals surface area (Å²) in [6.45, 7) is 0. The average Bonchev–Trinajstić information content (AvgIpc) is 2.74. The summed E-state index contributed by atoms with van der Waals surface area (Å²) >= 11 is 5.64. The van der Waals surface area contributed by atoms with Crippen molar-refractivity contribution in [1.82, 2.24) is 0 Å². The van der Waals surface area contributed by atoms with Crippen LogP contribution in [0.1, 0.15) is 12.0 Å². The number of halogens is 4. The molecule has 0 aromatic heterocycles. The van der Waals surface area contributed by atoms with Gasteiger partial charge in [-0.1, -0.05) is 23.8 Å². The molecule has 2 unspecified atom stereocenters. The largest absolute Gasteiger partial charge is 0.416 e. The minimum absolute atomic E-state index is 0.0173. The molecule has 0 saturated heterocycles. The van der Waals surface area contributed by atoms with Crippen LogP contribution in [0.15, 0.2) is 30.4 Å². The van der Waals surface area contributed by atoms with Gasteiger partial charge in [-0.15, -0.1) is 0 Å². The summed E-state index contributed by atoms with van der Waals surface area (Å²) in [5.41, 5.74) is 4.74. The Hall–Kier alpha value is -1.53. The van der Waals surface area contributed by atoms with Gasteiger partial charge >= 0.3 is 6.18 Å². The lowest BCUT2D eigenvalue weighted by Gasteiger charge is -2.13. The van der Waals surface area contributed by atoms with Gasteiger partial charge in [-0.05, 0) is 24.6 Å². The van der Waals surface area contributed by atoms with Gasteiger partial charge in [-0.3, -0.25) is 4.79 Å². The molecule has 2 rings (SSSR count). The van der Waals surface area contributed by atoms with Gasteiger partial charge in [0.2, 0.25) is 5.91 Å². The van der Waals surface area contributed by atoms with Crippen molar-refractivity contribution in [3.63, 3.8) is 0 Å². The molecule has 1 amide bonds. The van der Waals surface area contributed by atoms with E-state index in [0.29, 0.717) is 6.42 Å². The zero-order valence-electron chi connectivity index (χ0n) is 10.2. The SMILES string of the molecule is NC1C=CC(C(=O)Nc2cc(Cl)cc(C(F)(F)F)c2)C1. The average molecular weight is 305 g/mol. The fourth-order valence-corrected chi connectivity index (χ4v) is 2.22. The molecule has 0 heterocycles. The van der Waals surface area contributed by atoms with Crippen molar-refractivity contribution in [2.24, 2.45) is 11.7 Å². The second-order valence-corrected chi connectivity index (χ2v) is 5.04. The number of alkyl halides is 3. The van der Waals surface area contributed by atoms with Crippen LogP contribution in [0.4, 0.5) is 18.9 Å². The van der Waals surface area contributed by atoms with Gasteiger partial charge in [0.25, 0.3) is 0 Å². The summed E-state index contributed by atoms with van der Waals surface area (Å²) in [6.07, 6.45) is -0.725. The molecular formula is C13H12ClF3N2O. The zero-order chi connectivity index (χ0) is 14.9. The monoisotopic (exact) mass is 304 g/mol. The highest BCUT2D eigenvalue weighted by Gasteiger charge is 2.31. The van der Waals surface area contributed by atoms with Gasteiger partial charge in [-0.25, -0.2) is 0 Å². The van der Waals surface area contributed by atoms with Crippen LogP contribution < -0.4 is 11.1 Å². The first-order valence-electron chi connectivity index (χ1n) is 5.88. The van der Waals surface area contributed by atoms with E-state index in [4.69, 9.17) is 17.3 Å². The molecule has 20 heavy (non-hydrogen) atoms. The van der Waals surface area contributed by atoms with Crippen molar-refractivity contribution in [3.8, 4) is 0 Å². The first-order chi connectivity index (χ1) is 9.25. The molecule has 3 nitrogen and oxygen atoms in total. The molecule has 2 atom stereocenters. The molecule has 0 saturated carbocycles. The van der Waals surface area contributed by atoms with E-state index in [1.54, 1.807) is 12.2 Å². The van der Waals surface area contributed by atoms with Gasteiger partial charge < -0.3 is 11.1 Å². The molecule has 108 valence electrons. The first-order valence-corrected chi connectivity index (χ1v) is 6.26. The highest BCUT2D eigenvalue weighted by Crippen LogP contribution is 2.33. The second-order valence-electron chi connectivity index (χ2n) is 4.61. The zero-order valence-corrected chi connectivity index (χ0v) is 11.0. The van der Waals surface area contributed by atoms with Crippen LogP contribution in [-0.4, -0.2) is 11.9 Å². The molecule has 3 N–H and O–H groups in total. The molecule has 0 fully saturated rings. The summed E-state index contributed by atoms with van der Waals surface area (Å²) in [5, 5.41) is 2.34. The number of carbonyl (C=O) groups is 1. The Bertz CT molecular complexity index is 557. The van der Waals surface area contributed by atoms with Gasteiger partial charge in [-0.2, -0.15) is 13.2 Å². The predicted octanol–water partition coefficient (Wildman–Crippen LogP) is 3.20. The van der Waals surface area contributed by atoms with Crippen LogP contribution in [0.25, 0.3) is 0 Å². The van der Waals surface area contributed by atoms with Crippen LogP contribution in [0.5, 0.6) is 0 Å². The van der Waals surface area contributed by atoms with E-state index in [1.807, 2.05) is 0 Å². The van der Waals surface area contributed by atoms with Crippen LogP contribution in [0.2, 0.25) is 5.02 Å². The van der Waals surface area contributed by atoms with Gasteiger partial charge in [0, 0.05) is 16.8 Å². The van der Waals surface area contributed by atoms with Crippen LogP contribution >= 0.6 is 11.6 Å². The molecule has 0 radical (unpaired) electrons. The lowest BCUT2D eigenvalue weighted by Crippen LogP contribution is -2.24. The van der Waals surface area contributed by atoms with Crippen molar-refractivity contribution < 1.29 is 18.0 Å². The molecule has 1 aliphatic rings. The molecule has 1 aromatic rings. The number of nitrogens with one attached hydrogen (secondary N) is 1. The van der Waals surface area contributed by atoms with Gasteiger partial charge in [0.15, 0.2) is 0 Å². The second kappa shape index (κ2) is 5.46. The van der Waals surface area contributed by atoms with E-state index in [9.17, 15) is 18.0 Å². The lowest BCUT2D eigenvalue weighted by molar-refractivity contribution is -0.137. The van der Waals surface area contributed by atoms with Gasteiger partial charge in [0.05, 0.1) is 11.5 Å². The first kappa shape index (κ1) is 14.9. The van der Waals surface area contributed by atoms with Crippen molar-refractivity contribution in [2.75, 3.05) is 5.32 Å². The smallest absolute Gasteiger partial charge is 0.326 e. The Morgan fingerprint density at radius 1 is 1.30 bits per heavy atom. The molecule has 0 aliphatic heterocycles. The topological polar surface area (TPSA) is 55.1 Å². The number of amides is 1. The molecule has 1 aromatic carbocycles. The quantitative estimate of drug-likeness (QED) is 0.824. The number of anilines is 1. The van der Waals surface area contributed by atoms with Crippen molar-refractivity contribution in [1.29, 1.82) is 0 Å². The van der Waals surface area contributed by atoms with E-state index < -0.39 is 23.6 Å². The van der Waals surface area contributed by atoms with E-state index >= 15 is 0 Å². The highest BCUT2D eigenvalue weighted by molar-refractivity contribution is 6.31. The molecule has 0 spiro atoms. The van der Waals surface area contributed by atoms with Crippen molar-refractivity contribution >= 4 is 23.2 Å². The maximum Gasteiger partial charge on any atom is 0.416 e.